The molecular weight excluding hydrogens is 294 g/mol. The van der Waals surface area contributed by atoms with Crippen molar-refractivity contribution in [3.05, 3.63) is 45.9 Å². The molecule has 1 fully saturated rings. The van der Waals surface area contributed by atoms with Crippen molar-refractivity contribution in [3.8, 4) is 0 Å². The molecule has 0 N–H and O–H groups in total. The SMILES string of the molecule is O=C(c1cccs1)N1CCN(c2ccncc2Cl)CC1. The van der Waals surface area contributed by atoms with E-state index < -0.39 is 0 Å². The molecule has 0 atom stereocenters. The van der Waals surface area contributed by atoms with Gasteiger partial charge in [-0.15, -0.1) is 11.3 Å². The maximum Gasteiger partial charge on any atom is 0.264 e. The molecule has 0 aliphatic carbocycles. The van der Waals surface area contributed by atoms with Crippen LogP contribution in [0.5, 0.6) is 0 Å². The summed E-state index contributed by atoms with van der Waals surface area (Å²) < 4.78 is 0. The third kappa shape index (κ3) is 2.64. The fourth-order valence-electron chi connectivity index (χ4n) is 2.33. The van der Waals surface area contributed by atoms with Crippen LogP contribution in [0.25, 0.3) is 0 Å². The number of piperazine rings is 1. The molecule has 3 rings (SSSR count). The second-order valence-corrected chi connectivity index (χ2v) is 5.94. The van der Waals surface area contributed by atoms with Gasteiger partial charge < -0.3 is 9.80 Å². The van der Waals surface area contributed by atoms with Crippen molar-refractivity contribution in [2.75, 3.05) is 31.1 Å². The molecule has 2 aromatic heterocycles. The van der Waals surface area contributed by atoms with Gasteiger partial charge in [0.2, 0.25) is 0 Å². The summed E-state index contributed by atoms with van der Waals surface area (Å²) in [5.41, 5.74) is 0.991. The highest BCUT2D eigenvalue weighted by atomic mass is 35.5. The zero-order chi connectivity index (χ0) is 13.9. The minimum absolute atomic E-state index is 0.125. The lowest BCUT2D eigenvalue weighted by Crippen LogP contribution is -2.48. The van der Waals surface area contributed by atoms with Crippen LogP contribution in [0.3, 0.4) is 0 Å². The predicted octanol–water partition coefficient (Wildman–Crippen LogP) is 2.76. The van der Waals surface area contributed by atoms with Crippen LogP contribution in [-0.2, 0) is 0 Å². The average Bonchev–Trinajstić information content (AvgIpc) is 3.01. The van der Waals surface area contributed by atoms with E-state index in [1.807, 2.05) is 28.5 Å². The highest BCUT2D eigenvalue weighted by Gasteiger charge is 2.23. The van der Waals surface area contributed by atoms with Crippen molar-refractivity contribution < 1.29 is 4.79 Å². The van der Waals surface area contributed by atoms with Gasteiger partial charge in [-0.3, -0.25) is 9.78 Å². The average molecular weight is 308 g/mol. The number of thiophene rings is 1. The third-order valence-electron chi connectivity index (χ3n) is 3.39. The first kappa shape index (κ1) is 13.4. The molecule has 1 aliphatic rings. The Bertz CT molecular complexity index is 594. The number of pyridine rings is 1. The van der Waals surface area contributed by atoms with Gasteiger partial charge in [-0.05, 0) is 17.5 Å². The Morgan fingerprint density at radius 1 is 1.25 bits per heavy atom. The minimum Gasteiger partial charge on any atom is -0.367 e. The van der Waals surface area contributed by atoms with E-state index in [1.54, 1.807) is 12.4 Å². The molecule has 1 amide bonds. The van der Waals surface area contributed by atoms with E-state index in [-0.39, 0.29) is 5.91 Å². The molecule has 0 unspecified atom stereocenters. The van der Waals surface area contributed by atoms with Crippen molar-refractivity contribution in [1.29, 1.82) is 0 Å². The van der Waals surface area contributed by atoms with E-state index in [9.17, 15) is 4.79 Å². The number of nitrogens with zero attached hydrogens (tertiary/aromatic N) is 3. The molecule has 0 saturated carbocycles. The molecule has 1 aliphatic heterocycles. The Morgan fingerprint density at radius 2 is 2.05 bits per heavy atom. The van der Waals surface area contributed by atoms with Crippen molar-refractivity contribution in [2.24, 2.45) is 0 Å². The normalized spacial score (nSPS) is 15.4. The van der Waals surface area contributed by atoms with E-state index in [4.69, 9.17) is 11.6 Å². The van der Waals surface area contributed by atoms with Crippen LogP contribution in [0.15, 0.2) is 36.0 Å². The van der Waals surface area contributed by atoms with Gasteiger partial charge in [0, 0.05) is 38.6 Å². The number of amides is 1. The van der Waals surface area contributed by atoms with Gasteiger partial charge in [0.15, 0.2) is 0 Å². The van der Waals surface area contributed by atoms with Gasteiger partial charge in [-0.1, -0.05) is 17.7 Å². The van der Waals surface area contributed by atoms with E-state index in [0.29, 0.717) is 5.02 Å². The summed E-state index contributed by atoms with van der Waals surface area (Å²) in [4.78, 5) is 21.2. The van der Waals surface area contributed by atoms with Crippen molar-refractivity contribution >= 4 is 34.5 Å². The van der Waals surface area contributed by atoms with E-state index in [0.717, 1.165) is 36.7 Å². The minimum atomic E-state index is 0.125. The number of rotatable bonds is 2. The first-order chi connectivity index (χ1) is 9.75. The number of carbonyl (C=O) groups is 1. The van der Waals surface area contributed by atoms with Gasteiger partial charge >= 0.3 is 0 Å². The van der Waals surface area contributed by atoms with E-state index in [1.165, 1.54) is 11.3 Å². The van der Waals surface area contributed by atoms with E-state index in [2.05, 4.69) is 9.88 Å². The number of hydrogen-bond acceptors (Lipinski definition) is 4. The fourth-order valence-corrected chi connectivity index (χ4v) is 3.26. The predicted molar refractivity (Wildman–Crippen MR) is 81.7 cm³/mol. The Labute approximate surface area is 126 Å². The summed E-state index contributed by atoms with van der Waals surface area (Å²) >= 11 is 7.64. The molecule has 4 nitrogen and oxygen atoms in total. The van der Waals surface area contributed by atoms with Crippen LogP contribution in [-0.4, -0.2) is 42.0 Å². The van der Waals surface area contributed by atoms with Crippen molar-refractivity contribution in [1.82, 2.24) is 9.88 Å². The number of aromatic nitrogens is 1. The van der Waals surface area contributed by atoms with Crippen molar-refractivity contribution in [3.63, 3.8) is 0 Å². The zero-order valence-electron chi connectivity index (χ0n) is 10.8. The zero-order valence-corrected chi connectivity index (χ0v) is 12.4. The largest absolute Gasteiger partial charge is 0.367 e. The smallest absolute Gasteiger partial charge is 0.264 e. The molecule has 1 saturated heterocycles. The summed E-state index contributed by atoms with van der Waals surface area (Å²) in [5.74, 6) is 0.125. The highest BCUT2D eigenvalue weighted by Crippen LogP contribution is 2.25. The van der Waals surface area contributed by atoms with Gasteiger partial charge in [0.05, 0.1) is 15.6 Å². The fraction of sp³-hybridized carbons (Fsp3) is 0.286. The van der Waals surface area contributed by atoms with E-state index >= 15 is 0 Å². The Hall–Kier alpha value is -1.59. The van der Waals surface area contributed by atoms with Gasteiger partial charge in [-0.25, -0.2) is 0 Å². The summed E-state index contributed by atoms with van der Waals surface area (Å²) in [7, 11) is 0. The lowest BCUT2D eigenvalue weighted by molar-refractivity contribution is 0.0751. The molecule has 104 valence electrons. The lowest BCUT2D eigenvalue weighted by Gasteiger charge is -2.36. The monoisotopic (exact) mass is 307 g/mol. The van der Waals surface area contributed by atoms with Crippen LogP contribution < -0.4 is 4.90 Å². The standard InChI is InChI=1S/C14H14ClN3OS/c15-11-10-16-4-3-12(11)17-5-7-18(8-6-17)14(19)13-2-1-9-20-13/h1-4,9-10H,5-8H2. The molecular formula is C14H14ClN3OS. The maximum atomic E-state index is 12.3. The van der Waals surface area contributed by atoms with Crippen LogP contribution in [0.1, 0.15) is 9.67 Å². The molecule has 0 aromatic carbocycles. The maximum absolute atomic E-state index is 12.3. The van der Waals surface area contributed by atoms with Gasteiger partial charge in [-0.2, -0.15) is 0 Å². The lowest BCUT2D eigenvalue weighted by atomic mass is 10.2. The molecule has 3 heterocycles. The second-order valence-electron chi connectivity index (χ2n) is 4.58. The number of carbonyl (C=O) groups excluding carboxylic acids is 1. The Kier molecular flexibility index (Phi) is 3.89. The quantitative estimate of drug-likeness (QED) is 0.856. The molecule has 0 spiro atoms. The van der Waals surface area contributed by atoms with Gasteiger partial charge in [0.25, 0.3) is 5.91 Å². The second kappa shape index (κ2) is 5.81. The first-order valence-electron chi connectivity index (χ1n) is 6.43. The molecule has 0 radical (unpaired) electrons. The molecule has 0 bridgehead atoms. The van der Waals surface area contributed by atoms with Crippen LogP contribution in [0.4, 0.5) is 5.69 Å². The molecule has 2 aromatic rings. The summed E-state index contributed by atoms with van der Waals surface area (Å²) in [6, 6.07) is 5.70. The Morgan fingerprint density at radius 3 is 2.70 bits per heavy atom. The molecule has 20 heavy (non-hydrogen) atoms. The van der Waals surface area contributed by atoms with Crippen LogP contribution in [0, 0.1) is 0 Å². The number of anilines is 1. The van der Waals surface area contributed by atoms with Gasteiger partial charge in [0.1, 0.15) is 0 Å². The summed E-state index contributed by atoms with van der Waals surface area (Å²) in [6.07, 6.45) is 3.39. The summed E-state index contributed by atoms with van der Waals surface area (Å²) in [5, 5.41) is 2.59. The number of hydrogen-bond donors (Lipinski definition) is 0. The Balaban J connectivity index is 1.65. The third-order valence-corrected chi connectivity index (χ3v) is 4.54. The highest BCUT2D eigenvalue weighted by molar-refractivity contribution is 7.12. The molecule has 6 heteroatoms. The topological polar surface area (TPSA) is 36.4 Å². The first-order valence-corrected chi connectivity index (χ1v) is 7.69. The summed E-state index contributed by atoms with van der Waals surface area (Å²) in [6.45, 7) is 3.02. The van der Waals surface area contributed by atoms with Crippen LogP contribution in [0.2, 0.25) is 5.02 Å². The van der Waals surface area contributed by atoms with Crippen molar-refractivity contribution in [2.45, 2.75) is 0 Å². The van der Waals surface area contributed by atoms with Crippen LogP contribution >= 0.6 is 22.9 Å². The number of halogens is 1.